The molecule has 1 heterocycles. The molecule has 0 saturated carbocycles. The lowest BCUT2D eigenvalue weighted by Gasteiger charge is -2.06. The maximum atomic E-state index is 12.1. The molecule has 1 N–H and O–H groups in total. The third-order valence-corrected chi connectivity index (χ3v) is 1.40. The van der Waals surface area contributed by atoms with Gasteiger partial charge >= 0.3 is 6.18 Å². The Morgan fingerprint density at radius 3 is 2.38 bits per heavy atom. The predicted molar refractivity (Wildman–Crippen MR) is 37.5 cm³/mol. The zero-order chi connectivity index (χ0) is 10.1. The normalized spacial score (nSPS) is 11.3. The molecule has 6 heteroatoms. The van der Waals surface area contributed by atoms with Crippen LogP contribution in [0, 0.1) is 0 Å². The Morgan fingerprint density at radius 2 is 2.00 bits per heavy atom. The van der Waals surface area contributed by atoms with Crippen molar-refractivity contribution >= 4 is 6.29 Å². The molecule has 0 unspecified atom stereocenters. The summed E-state index contributed by atoms with van der Waals surface area (Å²) in [5.41, 5.74) is -3.42. The van der Waals surface area contributed by atoms with Gasteiger partial charge in [0.2, 0.25) is 0 Å². The number of carbonyl (C=O) groups excluding carboxylic acids is 1. The summed E-state index contributed by atoms with van der Waals surface area (Å²) < 4.78 is 36.4. The smallest absolute Gasteiger partial charge is 0.329 e. The van der Waals surface area contributed by atoms with E-state index in [9.17, 15) is 22.8 Å². The van der Waals surface area contributed by atoms with E-state index in [4.69, 9.17) is 0 Å². The number of hydrogen-bond donors (Lipinski definition) is 1. The Labute approximate surface area is 70.2 Å². The van der Waals surface area contributed by atoms with E-state index < -0.39 is 22.9 Å². The Hall–Kier alpha value is -1.59. The summed E-state index contributed by atoms with van der Waals surface area (Å²) in [5.74, 6) is 0. The van der Waals surface area contributed by atoms with E-state index in [1.807, 2.05) is 4.98 Å². The van der Waals surface area contributed by atoms with Crippen LogP contribution in [0.25, 0.3) is 0 Å². The number of aldehydes is 1. The average molecular weight is 191 g/mol. The lowest BCUT2D eigenvalue weighted by atomic mass is 10.1. The van der Waals surface area contributed by atoms with Crippen LogP contribution in [0.1, 0.15) is 15.9 Å². The summed E-state index contributed by atoms with van der Waals surface area (Å²) in [5, 5.41) is 0. The van der Waals surface area contributed by atoms with Crippen LogP contribution in [0.3, 0.4) is 0 Å². The van der Waals surface area contributed by atoms with Crippen molar-refractivity contribution in [3.8, 4) is 0 Å². The van der Waals surface area contributed by atoms with Crippen LogP contribution < -0.4 is 5.56 Å². The quantitative estimate of drug-likeness (QED) is 0.678. The van der Waals surface area contributed by atoms with Crippen molar-refractivity contribution < 1.29 is 18.0 Å². The van der Waals surface area contributed by atoms with Crippen molar-refractivity contribution in [2.75, 3.05) is 0 Å². The number of pyridine rings is 1. The van der Waals surface area contributed by atoms with Gasteiger partial charge in [-0.05, 0) is 6.07 Å². The van der Waals surface area contributed by atoms with Gasteiger partial charge in [-0.3, -0.25) is 9.59 Å². The van der Waals surface area contributed by atoms with E-state index >= 15 is 0 Å². The monoisotopic (exact) mass is 191 g/mol. The van der Waals surface area contributed by atoms with Gasteiger partial charge in [0.05, 0.1) is 0 Å². The van der Waals surface area contributed by atoms with Crippen LogP contribution in [0.2, 0.25) is 0 Å². The van der Waals surface area contributed by atoms with Crippen LogP contribution in [0.5, 0.6) is 0 Å². The summed E-state index contributed by atoms with van der Waals surface area (Å²) in [7, 11) is 0. The molecule has 1 aromatic rings. The largest absolute Gasteiger partial charge is 0.422 e. The third-order valence-electron chi connectivity index (χ3n) is 1.40. The fourth-order valence-corrected chi connectivity index (χ4v) is 0.884. The molecule has 0 saturated heterocycles. The molecule has 0 radical (unpaired) electrons. The fraction of sp³-hybridized carbons (Fsp3) is 0.143. The highest BCUT2D eigenvalue weighted by molar-refractivity contribution is 5.77. The molecule has 0 aliphatic heterocycles. The minimum Gasteiger partial charge on any atom is -0.329 e. The number of aromatic nitrogens is 1. The number of H-pyrrole nitrogens is 1. The number of halogens is 3. The standard InChI is InChI=1S/C7H4F3NO2/c8-7(9,10)5-4(3-12)1-2-11-6(5)13/h1-3H,(H,11,13). The first kappa shape index (κ1) is 9.50. The second kappa shape index (κ2) is 3.04. The molecule has 0 bridgehead atoms. The van der Waals surface area contributed by atoms with Crippen LogP contribution in [0.15, 0.2) is 17.1 Å². The molecule has 0 aliphatic carbocycles. The van der Waals surface area contributed by atoms with Gasteiger partial charge in [0.25, 0.3) is 5.56 Å². The highest BCUT2D eigenvalue weighted by Crippen LogP contribution is 2.27. The molecule has 0 atom stereocenters. The molecular weight excluding hydrogens is 187 g/mol. The molecule has 1 aromatic heterocycles. The first-order valence-corrected chi connectivity index (χ1v) is 3.21. The van der Waals surface area contributed by atoms with Crippen molar-refractivity contribution in [2.45, 2.75) is 6.18 Å². The number of rotatable bonds is 1. The van der Waals surface area contributed by atoms with Gasteiger partial charge in [-0.15, -0.1) is 0 Å². The molecule has 70 valence electrons. The van der Waals surface area contributed by atoms with Crippen LogP contribution >= 0.6 is 0 Å². The third kappa shape index (κ3) is 1.77. The van der Waals surface area contributed by atoms with E-state index in [0.29, 0.717) is 0 Å². The molecule has 0 amide bonds. The number of nitrogens with one attached hydrogen (secondary N) is 1. The molecule has 0 aliphatic rings. The van der Waals surface area contributed by atoms with Gasteiger partial charge in [0.15, 0.2) is 6.29 Å². The zero-order valence-electron chi connectivity index (χ0n) is 6.18. The lowest BCUT2D eigenvalue weighted by Crippen LogP contribution is -2.23. The van der Waals surface area contributed by atoms with Gasteiger partial charge in [-0.2, -0.15) is 13.2 Å². The summed E-state index contributed by atoms with van der Waals surface area (Å²) in [4.78, 5) is 22.7. The fourth-order valence-electron chi connectivity index (χ4n) is 0.884. The van der Waals surface area contributed by atoms with Crippen LogP contribution in [-0.4, -0.2) is 11.3 Å². The zero-order valence-corrected chi connectivity index (χ0v) is 6.18. The molecule has 13 heavy (non-hydrogen) atoms. The second-order valence-corrected chi connectivity index (χ2v) is 2.25. The Balaban J connectivity index is 3.50. The first-order valence-electron chi connectivity index (χ1n) is 3.21. The van der Waals surface area contributed by atoms with Gasteiger partial charge < -0.3 is 4.98 Å². The molecular formula is C7H4F3NO2. The van der Waals surface area contributed by atoms with Crippen molar-refractivity contribution in [1.82, 2.24) is 4.98 Å². The Bertz CT molecular complexity index is 380. The van der Waals surface area contributed by atoms with Crippen LogP contribution in [-0.2, 0) is 6.18 Å². The molecule has 1 rings (SSSR count). The van der Waals surface area contributed by atoms with Gasteiger partial charge in [0.1, 0.15) is 5.56 Å². The lowest BCUT2D eigenvalue weighted by molar-refractivity contribution is -0.138. The maximum Gasteiger partial charge on any atom is 0.422 e. The minimum atomic E-state index is -4.80. The number of aromatic amines is 1. The van der Waals surface area contributed by atoms with Crippen molar-refractivity contribution in [2.24, 2.45) is 0 Å². The topological polar surface area (TPSA) is 49.9 Å². The Morgan fingerprint density at radius 1 is 1.38 bits per heavy atom. The SMILES string of the molecule is O=Cc1cc[nH]c(=O)c1C(F)(F)F. The minimum absolute atomic E-state index is 0.00192. The summed E-state index contributed by atoms with van der Waals surface area (Å²) >= 11 is 0. The van der Waals surface area contributed by atoms with Crippen molar-refractivity contribution in [3.05, 3.63) is 33.7 Å². The Kier molecular flexibility index (Phi) is 2.22. The maximum absolute atomic E-state index is 12.1. The molecule has 0 aromatic carbocycles. The van der Waals surface area contributed by atoms with E-state index in [1.54, 1.807) is 0 Å². The molecule has 0 fully saturated rings. The van der Waals surface area contributed by atoms with E-state index in [-0.39, 0.29) is 6.29 Å². The number of alkyl halides is 3. The first-order chi connectivity index (χ1) is 5.96. The number of hydrogen-bond acceptors (Lipinski definition) is 2. The predicted octanol–water partition coefficient (Wildman–Crippen LogP) is 1.21. The highest BCUT2D eigenvalue weighted by Gasteiger charge is 2.36. The average Bonchev–Trinajstić information content (AvgIpc) is 2.01. The van der Waals surface area contributed by atoms with E-state index in [2.05, 4.69) is 0 Å². The second-order valence-electron chi connectivity index (χ2n) is 2.25. The van der Waals surface area contributed by atoms with Gasteiger partial charge in [-0.25, -0.2) is 0 Å². The van der Waals surface area contributed by atoms with Gasteiger partial charge in [0, 0.05) is 11.8 Å². The van der Waals surface area contributed by atoms with Gasteiger partial charge in [-0.1, -0.05) is 0 Å². The van der Waals surface area contributed by atoms with E-state index in [1.165, 1.54) is 0 Å². The van der Waals surface area contributed by atoms with Crippen LogP contribution in [0.4, 0.5) is 13.2 Å². The number of carbonyl (C=O) groups is 1. The summed E-state index contributed by atoms with van der Waals surface area (Å²) in [6.07, 6.45) is -3.82. The summed E-state index contributed by atoms with van der Waals surface area (Å²) in [6.45, 7) is 0. The molecule has 3 nitrogen and oxygen atoms in total. The van der Waals surface area contributed by atoms with Crippen molar-refractivity contribution in [3.63, 3.8) is 0 Å². The molecule has 0 spiro atoms. The highest BCUT2D eigenvalue weighted by atomic mass is 19.4. The van der Waals surface area contributed by atoms with E-state index in [0.717, 1.165) is 12.3 Å². The summed E-state index contributed by atoms with van der Waals surface area (Å²) in [6, 6.07) is 0.900. The van der Waals surface area contributed by atoms with Crippen molar-refractivity contribution in [1.29, 1.82) is 0 Å².